The Morgan fingerprint density at radius 3 is 2.45 bits per heavy atom. The average molecular weight is 303 g/mol. The van der Waals surface area contributed by atoms with Crippen molar-refractivity contribution in [3.05, 3.63) is 29.6 Å². The van der Waals surface area contributed by atoms with Crippen molar-refractivity contribution >= 4 is 18.3 Å². The molecule has 0 spiro atoms. The number of benzene rings is 1. The number of carbonyl (C=O) groups excluding carboxylic acids is 1. The van der Waals surface area contributed by atoms with E-state index < -0.39 is 5.82 Å². The number of piperazine rings is 1. The lowest BCUT2D eigenvalue weighted by Gasteiger charge is -2.39. The van der Waals surface area contributed by atoms with E-state index in [9.17, 15) is 9.18 Å². The molecule has 1 heterocycles. The highest BCUT2D eigenvalue weighted by atomic mass is 35.5. The smallest absolute Gasteiger partial charge is 0.257 e. The Morgan fingerprint density at radius 2 is 1.95 bits per heavy atom. The van der Waals surface area contributed by atoms with Gasteiger partial charge in [-0.25, -0.2) is 4.39 Å². The molecular weight excluding hydrogens is 283 g/mol. The van der Waals surface area contributed by atoms with Gasteiger partial charge in [-0.15, -0.1) is 12.4 Å². The topological polar surface area (TPSA) is 41.6 Å². The summed E-state index contributed by atoms with van der Waals surface area (Å²) in [5, 5.41) is 3.25. The van der Waals surface area contributed by atoms with Crippen LogP contribution in [0.2, 0.25) is 0 Å². The summed E-state index contributed by atoms with van der Waals surface area (Å²) in [5.41, 5.74) is 0.0985. The molecule has 1 aromatic carbocycles. The maximum absolute atomic E-state index is 14.0. The molecule has 1 fully saturated rings. The minimum Gasteiger partial charge on any atom is -0.497 e. The van der Waals surface area contributed by atoms with Crippen LogP contribution in [0.25, 0.3) is 0 Å². The zero-order chi connectivity index (χ0) is 14.0. The third kappa shape index (κ3) is 3.22. The van der Waals surface area contributed by atoms with Crippen molar-refractivity contribution in [1.29, 1.82) is 0 Å². The minimum atomic E-state index is -0.540. The number of nitrogens with one attached hydrogen (secondary N) is 1. The standard InChI is InChI=1S/C14H19FN2O2.ClH/c1-9-7-16-8-10(2)17(9)14(18)12-5-4-11(19-3)6-13(12)15;/h4-6,9-10,16H,7-8H2,1-3H3;1H/t9-,10-;/m1./s1. The zero-order valence-electron chi connectivity index (χ0n) is 11.9. The minimum absolute atomic E-state index is 0. The van der Waals surface area contributed by atoms with Crippen molar-refractivity contribution in [2.24, 2.45) is 0 Å². The van der Waals surface area contributed by atoms with Gasteiger partial charge in [0.1, 0.15) is 11.6 Å². The Hall–Kier alpha value is -1.33. The van der Waals surface area contributed by atoms with Crippen LogP contribution < -0.4 is 10.1 Å². The van der Waals surface area contributed by atoms with E-state index in [-0.39, 0.29) is 36.0 Å². The average Bonchev–Trinajstić information content (AvgIpc) is 2.38. The van der Waals surface area contributed by atoms with E-state index in [1.807, 2.05) is 13.8 Å². The Labute approximate surface area is 124 Å². The first-order chi connectivity index (χ1) is 9.04. The first-order valence-corrected chi connectivity index (χ1v) is 6.41. The highest BCUT2D eigenvalue weighted by Gasteiger charge is 2.30. The molecule has 4 nitrogen and oxygen atoms in total. The molecule has 0 bridgehead atoms. The van der Waals surface area contributed by atoms with Crippen molar-refractivity contribution < 1.29 is 13.9 Å². The third-order valence-electron chi connectivity index (χ3n) is 3.47. The number of carbonyl (C=O) groups is 1. The summed E-state index contributed by atoms with van der Waals surface area (Å²) in [5.74, 6) is -0.389. The van der Waals surface area contributed by atoms with E-state index in [2.05, 4.69) is 5.32 Å². The van der Waals surface area contributed by atoms with Crippen LogP contribution in [0, 0.1) is 5.82 Å². The molecule has 1 saturated heterocycles. The SMILES string of the molecule is COc1ccc(C(=O)N2[C@H](C)CNC[C@H]2C)c(F)c1.Cl. The van der Waals surface area contributed by atoms with Crippen molar-refractivity contribution in [3.63, 3.8) is 0 Å². The fraction of sp³-hybridized carbons (Fsp3) is 0.500. The van der Waals surface area contributed by atoms with Crippen molar-refractivity contribution in [3.8, 4) is 5.75 Å². The predicted octanol–water partition coefficient (Wildman–Crippen LogP) is 2.08. The first kappa shape index (κ1) is 16.7. The molecule has 1 aromatic rings. The summed E-state index contributed by atoms with van der Waals surface area (Å²) >= 11 is 0. The molecule has 1 aliphatic rings. The van der Waals surface area contributed by atoms with E-state index in [4.69, 9.17) is 4.74 Å². The number of amides is 1. The summed E-state index contributed by atoms with van der Waals surface area (Å²) in [6.07, 6.45) is 0. The lowest BCUT2D eigenvalue weighted by atomic mass is 10.1. The lowest BCUT2D eigenvalue weighted by molar-refractivity contribution is 0.0539. The number of hydrogen-bond acceptors (Lipinski definition) is 3. The zero-order valence-corrected chi connectivity index (χ0v) is 12.7. The second-order valence-corrected chi connectivity index (χ2v) is 4.91. The highest BCUT2D eigenvalue weighted by Crippen LogP contribution is 2.20. The van der Waals surface area contributed by atoms with Gasteiger partial charge in [-0.05, 0) is 26.0 Å². The fourth-order valence-electron chi connectivity index (χ4n) is 2.47. The highest BCUT2D eigenvalue weighted by molar-refractivity contribution is 5.95. The quantitative estimate of drug-likeness (QED) is 0.909. The molecule has 1 aliphatic heterocycles. The van der Waals surface area contributed by atoms with Crippen LogP contribution >= 0.6 is 12.4 Å². The molecule has 6 heteroatoms. The van der Waals surface area contributed by atoms with Crippen molar-refractivity contribution in [2.75, 3.05) is 20.2 Å². The number of ether oxygens (including phenoxy) is 1. The molecule has 0 unspecified atom stereocenters. The van der Waals surface area contributed by atoms with Crippen LogP contribution in [-0.4, -0.2) is 43.1 Å². The van der Waals surface area contributed by atoms with Crippen LogP contribution in [0.5, 0.6) is 5.75 Å². The third-order valence-corrected chi connectivity index (χ3v) is 3.47. The van der Waals surface area contributed by atoms with Crippen LogP contribution in [0.1, 0.15) is 24.2 Å². The van der Waals surface area contributed by atoms with Crippen LogP contribution in [-0.2, 0) is 0 Å². The first-order valence-electron chi connectivity index (χ1n) is 6.41. The fourth-order valence-corrected chi connectivity index (χ4v) is 2.47. The van der Waals surface area contributed by atoms with Crippen LogP contribution in [0.4, 0.5) is 4.39 Å². The largest absolute Gasteiger partial charge is 0.497 e. The number of halogens is 2. The predicted molar refractivity (Wildman–Crippen MR) is 78.2 cm³/mol. The van der Waals surface area contributed by atoms with Crippen LogP contribution in [0.3, 0.4) is 0 Å². The molecule has 20 heavy (non-hydrogen) atoms. The second kappa shape index (κ2) is 6.90. The molecular formula is C14H20ClFN2O2. The molecule has 0 aromatic heterocycles. The van der Waals surface area contributed by atoms with Gasteiger partial charge in [0, 0.05) is 31.2 Å². The number of methoxy groups -OCH3 is 1. The van der Waals surface area contributed by atoms with E-state index in [0.29, 0.717) is 5.75 Å². The molecule has 2 atom stereocenters. The van der Waals surface area contributed by atoms with E-state index in [0.717, 1.165) is 13.1 Å². The van der Waals surface area contributed by atoms with Gasteiger partial charge < -0.3 is 15.0 Å². The van der Waals surface area contributed by atoms with Gasteiger partial charge in [0.25, 0.3) is 5.91 Å². The Kier molecular flexibility index (Phi) is 5.77. The molecule has 0 radical (unpaired) electrons. The molecule has 0 saturated carbocycles. The van der Waals surface area contributed by atoms with Gasteiger partial charge in [0.05, 0.1) is 12.7 Å². The number of rotatable bonds is 2. The van der Waals surface area contributed by atoms with E-state index in [1.54, 1.807) is 11.0 Å². The number of nitrogens with zero attached hydrogens (tertiary/aromatic N) is 1. The van der Waals surface area contributed by atoms with Gasteiger partial charge >= 0.3 is 0 Å². The Morgan fingerprint density at radius 1 is 1.35 bits per heavy atom. The maximum atomic E-state index is 14.0. The summed E-state index contributed by atoms with van der Waals surface area (Å²) in [7, 11) is 1.47. The second-order valence-electron chi connectivity index (χ2n) is 4.91. The van der Waals surface area contributed by atoms with Gasteiger partial charge in [-0.3, -0.25) is 4.79 Å². The molecule has 2 rings (SSSR count). The lowest BCUT2D eigenvalue weighted by Crippen LogP contribution is -2.57. The summed E-state index contributed by atoms with van der Waals surface area (Å²) in [4.78, 5) is 14.2. The van der Waals surface area contributed by atoms with Crippen molar-refractivity contribution in [2.45, 2.75) is 25.9 Å². The van der Waals surface area contributed by atoms with Gasteiger partial charge in [0.2, 0.25) is 0 Å². The monoisotopic (exact) mass is 302 g/mol. The Balaban J connectivity index is 0.00000200. The summed E-state index contributed by atoms with van der Waals surface area (Å²) in [6.45, 7) is 5.38. The number of hydrogen-bond donors (Lipinski definition) is 1. The van der Waals surface area contributed by atoms with E-state index in [1.165, 1.54) is 19.2 Å². The summed E-state index contributed by atoms with van der Waals surface area (Å²) < 4.78 is 18.9. The Bertz CT molecular complexity index is 474. The molecule has 0 aliphatic carbocycles. The van der Waals surface area contributed by atoms with Gasteiger partial charge in [-0.2, -0.15) is 0 Å². The summed E-state index contributed by atoms with van der Waals surface area (Å²) in [6, 6.07) is 4.44. The maximum Gasteiger partial charge on any atom is 0.257 e. The molecule has 112 valence electrons. The van der Waals surface area contributed by atoms with Crippen molar-refractivity contribution in [1.82, 2.24) is 10.2 Å². The normalized spacial score (nSPS) is 22.1. The van der Waals surface area contributed by atoms with Gasteiger partial charge in [-0.1, -0.05) is 0 Å². The van der Waals surface area contributed by atoms with E-state index >= 15 is 0 Å². The van der Waals surface area contributed by atoms with Crippen LogP contribution in [0.15, 0.2) is 18.2 Å². The molecule has 1 N–H and O–H groups in total. The van der Waals surface area contributed by atoms with Gasteiger partial charge in [0.15, 0.2) is 0 Å². The molecule has 1 amide bonds.